The van der Waals surface area contributed by atoms with Gasteiger partial charge in [-0.1, -0.05) is 67.9 Å². The summed E-state index contributed by atoms with van der Waals surface area (Å²) in [5.41, 5.74) is 1.27. The number of amides is 3. The molecule has 0 saturated carbocycles. The lowest BCUT2D eigenvalue weighted by molar-refractivity contribution is -0.142. The first-order valence-corrected chi connectivity index (χ1v) is 16.5. The number of para-hydroxylation sites is 2. The summed E-state index contributed by atoms with van der Waals surface area (Å²) in [5.74, 6) is -1.85. The second-order valence-corrected chi connectivity index (χ2v) is 15.0. The maximum absolute atomic E-state index is 14.9. The van der Waals surface area contributed by atoms with E-state index in [9.17, 15) is 19.5 Å². The van der Waals surface area contributed by atoms with Gasteiger partial charge in [-0.3, -0.25) is 14.4 Å². The summed E-state index contributed by atoms with van der Waals surface area (Å²) in [6.07, 6.45) is 5.16. The highest BCUT2D eigenvalue weighted by Gasteiger charge is 2.78. The van der Waals surface area contributed by atoms with Gasteiger partial charge in [0, 0.05) is 23.5 Å². The summed E-state index contributed by atoms with van der Waals surface area (Å²) >= 11 is 8.24. The number of aliphatic hydroxyl groups excluding tert-OH is 1. The monoisotopic (exact) mass is 635 g/mol. The van der Waals surface area contributed by atoms with Crippen LogP contribution in [0, 0.1) is 17.8 Å². The highest BCUT2D eigenvalue weighted by atomic mass is 35.5. The Balaban J connectivity index is 1.65. The highest BCUT2D eigenvalue weighted by Crippen LogP contribution is 2.72. The number of thioether (sulfide) groups is 1. The van der Waals surface area contributed by atoms with E-state index >= 15 is 0 Å². The van der Waals surface area contributed by atoms with E-state index < -0.39 is 33.4 Å². The van der Waals surface area contributed by atoms with Crippen LogP contribution in [0.2, 0.25) is 5.02 Å². The topological polar surface area (TPSA) is 81.2 Å². The SMILES string of the molecule is C=CCN(C(=O)[C@H]1[C@H]2C(=O)N([C@@H](CO)CC(C)C)C(C(=O)N(CC=C)c3ccccc3Cl)C23CC[C@]1(C)S3)c1ccccc1. The van der Waals surface area contributed by atoms with Crippen LogP contribution in [0.4, 0.5) is 11.4 Å². The minimum absolute atomic E-state index is 0.141. The van der Waals surface area contributed by atoms with Gasteiger partial charge in [-0.15, -0.1) is 24.9 Å². The zero-order chi connectivity index (χ0) is 31.8. The Bertz CT molecular complexity index is 1440. The predicted molar refractivity (Wildman–Crippen MR) is 179 cm³/mol. The lowest BCUT2D eigenvalue weighted by atomic mass is 9.66. The molecule has 3 aliphatic heterocycles. The molecular formula is C35H42ClN3O4S. The van der Waals surface area contributed by atoms with E-state index in [2.05, 4.69) is 20.1 Å². The lowest BCUT2D eigenvalue weighted by Gasteiger charge is -2.40. The Kier molecular flexibility index (Phi) is 9.36. The molecule has 234 valence electrons. The number of fused-ring (bicyclic) bond motifs is 1. The van der Waals surface area contributed by atoms with Crippen molar-refractivity contribution in [2.75, 3.05) is 29.5 Å². The molecule has 9 heteroatoms. The van der Waals surface area contributed by atoms with Crippen LogP contribution in [-0.2, 0) is 14.4 Å². The largest absolute Gasteiger partial charge is 0.394 e. The van der Waals surface area contributed by atoms with Crippen LogP contribution in [0.15, 0.2) is 79.9 Å². The summed E-state index contributed by atoms with van der Waals surface area (Å²) in [6.45, 7) is 14.1. The first kappa shape index (κ1) is 32.3. The molecule has 2 unspecified atom stereocenters. The van der Waals surface area contributed by atoms with Gasteiger partial charge in [0.15, 0.2) is 0 Å². The zero-order valence-corrected chi connectivity index (χ0v) is 27.3. The van der Waals surface area contributed by atoms with E-state index in [4.69, 9.17) is 11.6 Å². The molecule has 2 aromatic carbocycles. The second kappa shape index (κ2) is 12.7. The number of benzene rings is 2. The van der Waals surface area contributed by atoms with Crippen LogP contribution < -0.4 is 9.80 Å². The van der Waals surface area contributed by atoms with Gasteiger partial charge in [0.2, 0.25) is 11.8 Å². The molecule has 0 radical (unpaired) electrons. The first-order valence-electron chi connectivity index (χ1n) is 15.3. The third-order valence-corrected chi connectivity index (χ3v) is 11.7. The van der Waals surface area contributed by atoms with Gasteiger partial charge in [-0.05, 0) is 56.4 Å². The number of carbonyl (C=O) groups excluding carboxylic acids is 3. The molecule has 3 heterocycles. The van der Waals surface area contributed by atoms with Gasteiger partial charge in [0.1, 0.15) is 6.04 Å². The zero-order valence-electron chi connectivity index (χ0n) is 25.7. The quantitative estimate of drug-likeness (QED) is 0.291. The van der Waals surface area contributed by atoms with Gasteiger partial charge in [-0.2, -0.15) is 0 Å². The number of nitrogens with zero attached hydrogens (tertiary/aromatic N) is 3. The maximum atomic E-state index is 14.9. The smallest absolute Gasteiger partial charge is 0.251 e. The Morgan fingerprint density at radius 3 is 2.30 bits per heavy atom. The van der Waals surface area contributed by atoms with Crippen molar-refractivity contribution in [3.05, 3.63) is 84.9 Å². The molecule has 0 aromatic heterocycles. The van der Waals surface area contributed by atoms with Crippen LogP contribution in [0.1, 0.15) is 40.0 Å². The van der Waals surface area contributed by atoms with Gasteiger partial charge in [0.25, 0.3) is 5.91 Å². The summed E-state index contributed by atoms with van der Waals surface area (Å²) in [5, 5.41) is 11.1. The van der Waals surface area contributed by atoms with Crippen molar-refractivity contribution in [2.45, 2.75) is 61.6 Å². The van der Waals surface area contributed by atoms with E-state index in [1.807, 2.05) is 50.2 Å². The Labute approximate surface area is 269 Å². The van der Waals surface area contributed by atoms with E-state index in [1.54, 1.807) is 56.8 Å². The summed E-state index contributed by atoms with van der Waals surface area (Å²) < 4.78 is -1.39. The van der Waals surface area contributed by atoms with Crippen molar-refractivity contribution in [3.63, 3.8) is 0 Å². The molecular weight excluding hydrogens is 594 g/mol. The Hall–Kier alpha value is -3.07. The summed E-state index contributed by atoms with van der Waals surface area (Å²) in [4.78, 5) is 49.3. The van der Waals surface area contributed by atoms with Crippen molar-refractivity contribution in [1.29, 1.82) is 0 Å². The molecule has 7 nitrogen and oxygen atoms in total. The minimum atomic E-state index is -0.888. The van der Waals surface area contributed by atoms with E-state index in [0.29, 0.717) is 36.5 Å². The molecule has 1 N–H and O–H groups in total. The van der Waals surface area contributed by atoms with Crippen LogP contribution in [0.25, 0.3) is 0 Å². The average Bonchev–Trinajstić information content (AvgIpc) is 3.58. The van der Waals surface area contributed by atoms with E-state index in [1.165, 1.54) is 0 Å². The molecule has 3 amide bonds. The molecule has 0 aliphatic carbocycles. The number of likely N-dealkylation sites (tertiary alicyclic amines) is 1. The first-order chi connectivity index (χ1) is 21.0. The second-order valence-electron chi connectivity index (χ2n) is 12.7. The fraction of sp³-hybridized carbons (Fsp3) is 0.457. The van der Waals surface area contributed by atoms with Gasteiger partial charge >= 0.3 is 0 Å². The van der Waals surface area contributed by atoms with Crippen LogP contribution >= 0.6 is 23.4 Å². The number of halogens is 1. The summed E-state index contributed by atoms with van der Waals surface area (Å²) in [6, 6.07) is 15.1. The average molecular weight is 636 g/mol. The van der Waals surface area contributed by atoms with Crippen LogP contribution in [-0.4, -0.2) is 69.0 Å². The number of hydrogen-bond acceptors (Lipinski definition) is 5. The van der Waals surface area contributed by atoms with Gasteiger partial charge < -0.3 is 19.8 Å². The molecule has 3 saturated heterocycles. The summed E-state index contributed by atoms with van der Waals surface area (Å²) in [7, 11) is 0. The molecule has 3 fully saturated rings. The molecule has 2 aromatic rings. The molecule has 1 spiro atoms. The molecule has 5 rings (SSSR count). The standard InChI is InChI=1S/C35H42ClN3O4S/c1-6-19-37(24-13-9-8-10-14-24)31(41)28-29-32(42)39(25(22-40)21-23(3)4)30(35(29)18-17-34(28,5)44-35)33(43)38(20-7-2)27-16-12-11-15-26(27)36/h6-16,23,25,28-30,40H,1-2,17-22H2,3-5H3/t25-,28-,29+,30?,34+,35?/m1/s1. The third kappa shape index (κ3) is 5.29. The van der Waals surface area contributed by atoms with E-state index in [0.717, 1.165) is 5.69 Å². The lowest BCUT2D eigenvalue weighted by Crippen LogP contribution is -2.58. The van der Waals surface area contributed by atoms with Crippen molar-refractivity contribution in [2.24, 2.45) is 17.8 Å². The van der Waals surface area contributed by atoms with Crippen molar-refractivity contribution in [3.8, 4) is 0 Å². The van der Waals surface area contributed by atoms with Crippen LogP contribution in [0.5, 0.6) is 0 Å². The van der Waals surface area contributed by atoms with Crippen molar-refractivity contribution in [1.82, 2.24) is 4.90 Å². The number of carbonyl (C=O) groups is 3. The fourth-order valence-corrected chi connectivity index (χ4v) is 10.3. The third-order valence-electron chi connectivity index (χ3n) is 9.43. The molecule has 2 bridgehead atoms. The fourth-order valence-electron chi connectivity index (χ4n) is 7.71. The Morgan fingerprint density at radius 2 is 1.68 bits per heavy atom. The maximum Gasteiger partial charge on any atom is 0.251 e. The highest BCUT2D eigenvalue weighted by molar-refractivity contribution is 8.02. The Morgan fingerprint density at radius 1 is 1.05 bits per heavy atom. The number of hydrogen-bond donors (Lipinski definition) is 1. The predicted octanol–water partition coefficient (Wildman–Crippen LogP) is 5.97. The normalized spacial score (nSPS) is 27.7. The molecule has 6 atom stereocenters. The number of aliphatic hydroxyl groups is 1. The number of anilines is 2. The van der Waals surface area contributed by atoms with Gasteiger partial charge in [0.05, 0.1) is 39.9 Å². The van der Waals surface area contributed by atoms with E-state index in [-0.39, 0.29) is 36.8 Å². The van der Waals surface area contributed by atoms with Gasteiger partial charge in [-0.25, -0.2) is 0 Å². The van der Waals surface area contributed by atoms with Crippen molar-refractivity contribution < 1.29 is 19.5 Å². The minimum Gasteiger partial charge on any atom is -0.394 e. The number of rotatable bonds is 12. The van der Waals surface area contributed by atoms with Crippen molar-refractivity contribution >= 4 is 52.5 Å². The van der Waals surface area contributed by atoms with Crippen LogP contribution in [0.3, 0.4) is 0 Å². The molecule has 44 heavy (non-hydrogen) atoms. The molecule has 3 aliphatic rings.